The van der Waals surface area contributed by atoms with E-state index >= 15 is 0 Å². The Kier molecular flexibility index (Phi) is 4.01. The molecule has 0 fully saturated rings. The number of benzene rings is 2. The van der Waals surface area contributed by atoms with Gasteiger partial charge in [0.25, 0.3) is 0 Å². The molecule has 1 aliphatic rings. The van der Waals surface area contributed by atoms with E-state index in [2.05, 4.69) is 0 Å². The number of nitrogen functional groups attached to an aromatic ring is 2. The van der Waals surface area contributed by atoms with Crippen molar-refractivity contribution in [1.29, 1.82) is 0 Å². The molecule has 2 aromatic carbocycles. The summed E-state index contributed by atoms with van der Waals surface area (Å²) in [4.78, 5) is 0. The first-order chi connectivity index (χ1) is 10.7. The normalized spacial score (nSPS) is 19.8. The lowest BCUT2D eigenvalue weighted by Gasteiger charge is -2.19. The monoisotopic (exact) mass is 294 g/mol. The Morgan fingerprint density at radius 3 is 1.18 bits per heavy atom. The smallest absolute Gasteiger partial charge is 0.135 e. The van der Waals surface area contributed by atoms with Crippen molar-refractivity contribution < 1.29 is 9.47 Å². The molecule has 0 heterocycles. The molecule has 0 amide bonds. The summed E-state index contributed by atoms with van der Waals surface area (Å²) in [7, 11) is 0. The van der Waals surface area contributed by atoms with Crippen molar-refractivity contribution >= 4 is 11.4 Å². The third kappa shape index (κ3) is 3.61. The Bertz CT molecular complexity index is 602. The van der Waals surface area contributed by atoms with Crippen LogP contribution in [0.4, 0.5) is 11.4 Å². The molecule has 0 aromatic heterocycles. The number of anilines is 2. The van der Waals surface area contributed by atoms with Crippen molar-refractivity contribution in [1.82, 2.24) is 0 Å². The van der Waals surface area contributed by atoms with E-state index in [4.69, 9.17) is 20.9 Å². The Hall–Kier alpha value is -2.88. The van der Waals surface area contributed by atoms with Gasteiger partial charge < -0.3 is 20.9 Å². The zero-order chi connectivity index (χ0) is 15.4. The van der Waals surface area contributed by atoms with Gasteiger partial charge in [-0.15, -0.1) is 0 Å². The van der Waals surface area contributed by atoms with E-state index < -0.39 is 0 Å². The highest BCUT2D eigenvalue weighted by atomic mass is 16.5. The predicted molar refractivity (Wildman–Crippen MR) is 88.8 cm³/mol. The summed E-state index contributed by atoms with van der Waals surface area (Å²) in [6.07, 6.45) is 7.68. The molecule has 0 spiro atoms. The van der Waals surface area contributed by atoms with Gasteiger partial charge in [-0.25, -0.2) is 0 Å². The third-order valence-corrected chi connectivity index (χ3v) is 3.29. The summed E-state index contributed by atoms with van der Waals surface area (Å²) in [6.45, 7) is 0. The van der Waals surface area contributed by atoms with Crippen LogP contribution < -0.4 is 20.9 Å². The van der Waals surface area contributed by atoms with E-state index in [0.29, 0.717) is 0 Å². The number of ether oxygens (including phenoxy) is 2. The molecule has 4 N–H and O–H groups in total. The van der Waals surface area contributed by atoms with Gasteiger partial charge in [0, 0.05) is 11.4 Å². The Morgan fingerprint density at radius 2 is 0.864 bits per heavy atom. The summed E-state index contributed by atoms with van der Waals surface area (Å²) in [5, 5.41) is 0. The van der Waals surface area contributed by atoms with Crippen LogP contribution in [-0.2, 0) is 0 Å². The number of nitrogens with two attached hydrogens (primary N) is 2. The highest BCUT2D eigenvalue weighted by molar-refractivity contribution is 5.43. The molecule has 112 valence electrons. The maximum absolute atomic E-state index is 5.82. The SMILES string of the molecule is Nc1ccc(OC2C=CC(Oc3ccc(N)cc3)C=C2)cc1. The standard InChI is InChI=1S/C18H18N2O2/c19-13-1-5-15(6-2-13)21-17-9-11-18(12-10-17)22-16-7-3-14(20)4-8-16/h1-12,17-18H,19-20H2. The van der Waals surface area contributed by atoms with Gasteiger partial charge in [-0.3, -0.25) is 0 Å². The molecular weight excluding hydrogens is 276 g/mol. The van der Waals surface area contributed by atoms with Crippen LogP contribution in [0.5, 0.6) is 11.5 Å². The van der Waals surface area contributed by atoms with Crippen LogP contribution >= 0.6 is 0 Å². The minimum absolute atomic E-state index is 0.102. The lowest BCUT2D eigenvalue weighted by atomic mass is 10.1. The highest BCUT2D eigenvalue weighted by Crippen LogP contribution is 2.20. The number of hydrogen-bond acceptors (Lipinski definition) is 4. The third-order valence-electron chi connectivity index (χ3n) is 3.29. The topological polar surface area (TPSA) is 70.5 Å². The van der Waals surface area contributed by atoms with Gasteiger partial charge in [0.05, 0.1) is 0 Å². The molecule has 2 aromatic rings. The molecule has 0 bridgehead atoms. The Labute approximate surface area is 129 Å². The molecule has 0 radical (unpaired) electrons. The molecule has 3 rings (SSSR count). The number of rotatable bonds is 4. The van der Waals surface area contributed by atoms with Crippen LogP contribution in [0.25, 0.3) is 0 Å². The van der Waals surface area contributed by atoms with Crippen molar-refractivity contribution in [3.05, 3.63) is 72.8 Å². The summed E-state index contributed by atoms with van der Waals surface area (Å²) in [5.41, 5.74) is 12.7. The molecule has 0 unspecified atom stereocenters. The van der Waals surface area contributed by atoms with Crippen molar-refractivity contribution in [3.8, 4) is 11.5 Å². The van der Waals surface area contributed by atoms with Crippen molar-refractivity contribution in [2.45, 2.75) is 12.2 Å². The van der Waals surface area contributed by atoms with Crippen LogP contribution in [0.1, 0.15) is 0 Å². The maximum Gasteiger partial charge on any atom is 0.135 e. The van der Waals surface area contributed by atoms with Gasteiger partial charge in [-0.05, 0) is 72.8 Å². The van der Waals surface area contributed by atoms with E-state index in [1.807, 2.05) is 72.8 Å². The van der Waals surface area contributed by atoms with Gasteiger partial charge >= 0.3 is 0 Å². The molecule has 22 heavy (non-hydrogen) atoms. The molecule has 0 saturated heterocycles. The molecule has 4 nitrogen and oxygen atoms in total. The highest BCUT2D eigenvalue weighted by Gasteiger charge is 2.12. The summed E-state index contributed by atoms with van der Waals surface area (Å²) in [5.74, 6) is 1.57. The first kappa shape index (κ1) is 14.1. The molecule has 0 aliphatic heterocycles. The van der Waals surface area contributed by atoms with Crippen molar-refractivity contribution in [2.24, 2.45) is 0 Å². The van der Waals surface area contributed by atoms with E-state index in [1.165, 1.54) is 0 Å². The second kappa shape index (κ2) is 6.26. The fraction of sp³-hybridized carbons (Fsp3) is 0.111. The van der Waals surface area contributed by atoms with Crippen molar-refractivity contribution in [3.63, 3.8) is 0 Å². The Balaban J connectivity index is 1.56. The fourth-order valence-corrected chi connectivity index (χ4v) is 2.13. The molecule has 0 saturated carbocycles. The van der Waals surface area contributed by atoms with Crippen molar-refractivity contribution in [2.75, 3.05) is 11.5 Å². The maximum atomic E-state index is 5.82. The lowest BCUT2D eigenvalue weighted by molar-refractivity contribution is 0.266. The average molecular weight is 294 g/mol. The van der Waals surface area contributed by atoms with E-state index in [0.717, 1.165) is 22.9 Å². The van der Waals surface area contributed by atoms with Crippen LogP contribution in [0.2, 0.25) is 0 Å². The first-order valence-corrected chi connectivity index (χ1v) is 7.10. The predicted octanol–water partition coefficient (Wildman–Crippen LogP) is 3.17. The van der Waals surface area contributed by atoms with Gasteiger partial charge in [0.2, 0.25) is 0 Å². The minimum Gasteiger partial charge on any atom is -0.482 e. The quantitative estimate of drug-likeness (QED) is 0.671. The van der Waals surface area contributed by atoms with E-state index in [1.54, 1.807) is 0 Å². The summed E-state index contributed by atoms with van der Waals surface area (Å²) in [6, 6.07) is 14.7. The number of hydrogen-bond donors (Lipinski definition) is 2. The average Bonchev–Trinajstić information content (AvgIpc) is 2.54. The second-order valence-corrected chi connectivity index (χ2v) is 5.07. The van der Waals surface area contributed by atoms with Gasteiger partial charge in [0.15, 0.2) is 0 Å². The Morgan fingerprint density at radius 1 is 0.545 bits per heavy atom. The fourth-order valence-electron chi connectivity index (χ4n) is 2.13. The summed E-state index contributed by atoms with van der Waals surface area (Å²) >= 11 is 0. The molecule has 0 atom stereocenters. The zero-order valence-electron chi connectivity index (χ0n) is 12.1. The van der Waals surface area contributed by atoms with Gasteiger partial charge in [-0.2, -0.15) is 0 Å². The van der Waals surface area contributed by atoms with Crippen LogP contribution in [0.15, 0.2) is 72.8 Å². The van der Waals surface area contributed by atoms with Gasteiger partial charge in [-0.1, -0.05) is 0 Å². The lowest BCUT2D eigenvalue weighted by Crippen LogP contribution is -2.20. The molecule has 1 aliphatic carbocycles. The van der Waals surface area contributed by atoms with Crippen LogP contribution in [0.3, 0.4) is 0 Å². The van der Waals surface area contributed by atoms with E-state index in [9.17, 15) is 0 Å². The largest absolute Gasteiger partial charge is 0.482 e. The molecule has 4 heteroatoms. The van der Waals surface area contributed by atoms with Crippen LogP contribution in [0, 0.1) is 0 Å². The minimum atomic E-state index is -0.102. The van der Waals surface area contributed by atoms with Gasteiger partial charge in [0.1, 0.15) is 23.7 Å². The second-order valence-electron chi connectivity index (χ2n) is 5.07. The molecular formula is C18H18N2O2. The summed E-state index contributed by atoms with van der Waals surface area (Å²) < 4.78 is 11.6. The first-order valence-electron chi connectivity index (χ1n) is 7.10. The van der Waals surface area contributed by atoms with E-state index in [-0.39, 0.29) is 12.2 Å². The van der Waals surface area contributed by atoms with Crippen LogP contribution in [-0.4, -0.2) is 12.2 Å². The zero-order valence-corrected chi connectivity index (χ0v) is 12.1.